The van der Waals surface area contributed by atoms with Gasteiger partial charge < -0.3 is 19.4 Å². The molecule has 0 radical (unpaired) electrons. The summed E-state index contributed by atoms with van der Waals surface area (Å²) >= 11 is 0. The third-order valence-corrected chi connectivity index (χ3v) is 3.67. The highest BCUT2D eigenvalue weighted by atomic mass is 16.5. The Balaban J connectivity index is 1.87. The summed E-state index contributed by atoms with van der Waals surface area (Å²) in [6, 6.07) is 8.25. The molecule has 1 aromatic heterocycles. The number of para-hydroxylation sites is 2. The Bertz CT molecular complexity index is 561. The summed E-state index contributed by atoms with van der Waals surface area (Å²) in [6.07, 6.45) is 1.05. The van der Waals surface area contributed by atoms with Crippen LogP contribution in [0.15, 0.2) is 24.3 Å². The number of hydrogen-bond donors (Lipinski definition) is 1. The second-order valence-electron chi connectivity index (χ2n) is 5.06. The van der Waals surface area contributed by atoms with E-state index in [-0.39, 0.29) is 6.10 Å². The molecule has 20 heavy (non-hydrogen) atoms. The zero-order valence-electron chi connectivity index (χ0n) is 11.8. The molecule has 2 aromatic rings. The van der Waals surface area contributed by atoms with E-state index >= 15 is 0 Å². The van der Waals surface area contributed by atoms with Crippen molar-refractivity contribution >= 4 is 11.0 Å². The fourth-order valence-electron chi connectivity index (χ4n) is 2.67. The molecule has 1 fully saturated rings. The summed E-state index contributed by atoms with van der Waals surface area (Å²) < 4.78 is 13.3. The van der Waals surface area contributed by atoms with E-state index in [4.69, 9.17) is 14.5 Å². The number of aromatic nitrogens is 2. The first-order chi connectivity index (χ1) is 9.88. The fourth-order valence-corrected chi connectivity index (χ4v) is 2.67. The largest absolute Gasteiger partial charge is 0.383 e. The summed E-state index contributed by atoms with van der Waals surface area (Å²) in [7, 11) is 1.73. The van der Waals surface area contributed by atoms with E-state index in [2.05, 4.69) is 28.1 Å². The molecule has 0 saturated carbocycles. The van der Waals surface area contributed by atoms with Crippen molar-refractivity contribution < 1.29 is 9.47 Å². The van der Waals surface area contributed by atoms with Gasteiger partial charge in [0.1, 0.15) is 5.82 Å². The van der Waals surface area contributed by atoms with Crippen LogP contribution in [0.3, 0.4) is 0 Å². The average Bonchev–Trinajstić information content (AvgIpc) is 2.83. The highest BCUT2D eigenvalue weighted by Crippen LogP contribution is 2.18. The first kappa shape index (κ1) is 13.5. The van der Waals surface area contributed by atoms with Crippen LogP contribution in [-0.2, 0) is 22.4 Å². The van der Waals surface area contributed by atoms with Crippen LogP contribution in [0.25, 0.3) is 11.0 Å². The van der Waals surface area contributed by atoms with Gasteiger partial charge in [0.05, 0.1) is 30.4 Å². The summed E-state index contributed by atoms with van der Waals surface area (Å²) in [5, 5.41) is 3.36. The van der Waals surface area contributed by atoms with E-state index in [1.165, 1.54) is 5.52 Å². The van der Waals surface area contributed by atoms with Gasteiger partial charge in [0.2, 0.25) is 0 Å². The van der Waals surface area contributed by atoms with E-state index in [1.54, 1.807) is 7.11 Å². The van der Waals surface area contributed by atoms with Crippen molar-refractivity contribution in [1.82, 2.24) is 14.9 Å². The molecule has 1 atom stereocenters. The molecule has 1 aliphatic rings. The minimum atomic E-state index is 0.210. The van der Waals surface area contributed by atoms with Crippen LogP contribution in [0.5, 0.6) is 0 Å². The number of nitrogens with one attached hydrogen (secondary N) is 1. The van der Waals surface area contributed by atoms with Crippen LogP contribution in [0, 0.1) is 0 Å². The zero-order valence-corrected chi connectivity index (χ0v) is 11.8. The number of ether oxygens (including phenoxy) is 2. The lowest BCUT2D eigenvalue weighted by molar-refractivity contribution is 0.0274. The van der Waals surface area contributed by atoms with Crippen molar-refractivity contribution in [2.45, 2.75) is 19.1 Å². The molecule has 1 N–H and O–H groups in total. The smallest absolute Gasteiger partial charge is 0.112 e. The van der Waals surface area contributed by atoms with Crippen LogP contribution in [0.2, 0.25) is 0 Å². The van der Waals surface area contributed by atoms with Crippen LogP contribution < -0.4 is 5.32 Å². The lowest BCUT2D eigenvalue weighted by atomic mass is 10.2. The topological polar surface area (TPSA) is 48.3 Å². The molecule has 1 unspecified atom stereocenters. The highest BCUT2D eigenvalue weighted by Gasteiger charge is 2.18. The first-order valence-corrected chi connectivity index (χ1v) is 7.14. The first-order valence-electron chi connectivity index (χ1n) is 7.14. The van der Waals surface area contributed by atoms with Crippen molar-refractivity contribution in [1.29, 1.82) is 0 Å². The van der Waals surface area contributed by atoms with Gasteiger partial charge in [-0.05, 0) is 12.1 Å². The van der Waals surface area contributed by atoms with Crippen LogP contribution in [0.4, 0.5) is 0 Å². The monoisotopic (exact) mass is 275 g/mol. The van der Waals surface area contributed by atoms with E-state index in [0.29, 0.717) is 6.61 Å². The number of imidazole rings is 1. The van der Waals surface area contributed by atoms with Crippen molar-refractivity contribution in [3.05, 3.63) is 30.1 Å². The van der Waals surface area contributed by atoms with Gasteiger partial charge in [-0.3, -0.25) is 0 Å². The molecule has 5 heteroatoms. The minimum Gasteiger partial charge on any atom is -0.383 e. The van der Waals surface area contributed by atoms with Crippen molar-refractivity contribution in [2.24, 2.45) is 0 Å². The van der Waals surface area contributed by atoms with E-state index in [1.807, 2.05) is 6.07 Å². The molecule has 0 spiro atoms. The fraction of sp³-hybridized carbons (Fsp3) is 0.533. The van der Waals surface area contributed by atoms with Gasteiger partial charge in [0.25, 0.3) is 0 Å². The second kappa shape index (κ2) is 6.35. The number of nitrogens with zero attached hydrogens (tertiary/aromatic N) is 2. The maximum Gasteiger partial charge on any atom is 0.112 e. The van der Waals surface area contributed by atoms with Crippen molar-refractivity contribution in [3.8, 4) is 0 Å². The Kier molecular flexibility index (Phi) is 4.30. The molecule has 3 rings (SSSR count). The van der Waals surface area contributed by atoms with Crippen molar-refractivity contribution in [2.75, 3.05) is 33.4 Å². The van der Waals surface area contributed by atoms with Crippen molar-refractivity contribution in [3.63, 3.8) is 0 Å². The molecule has 1 aromatic carbocycles. The molecule has 0 aliphatic carbocycles. The number of hydrogen-bond acceptors (Lipinski definition) is 4. The Morgan fingerprint density at radius 3 is 3.15 bits per heavy atom. The molecule has 0 bridgehead atoms. The lowest BCUT2D eigenvalue weighted by Crippen LogP contribution is -2.40. The van der Waals surface area contributed by atoms with Gasteiger partial charge in [0.15, 0.2) is 0 Å². The lowest BCUT2D eigenvalue weighted by Gasteiger charge is -2.23. The second-order valence-corrected chi connectivity index (χ2v) is 5.06. The third-order valence-electron chi connectivity index (χ3n) is 3.67. The SMILES string of the molecule is COCCn1c(CC2CNCCO2)nc2ccccc21. The van der Waals surface area contributed by atoms with Gasteiger partial charge in [0, 0.05) is 33.2 Å². The van der Waals surface area contributed by atoms with E-state index in [9.17, 15) is 0 Å². The number of fused-ring (bicyclic) bond motifs is 1. The van der Waals surface area contributed by atoms with Gasteiger partial charge >= 0.3 is 0 Å². The normalized spacial score (nSPS) is 19.6. The van der Waals surface area contributed by atoms with E-state index in [0.717, 1.165) is 44.0 Å². The Labute approximate surface area is 118 Å². The summed E-state index contributed by atoms with van der Waals surface area (Å²) in [5.74, 6) is 1.08. The van der Waals surface area contributed by atoms with Crippen LogP contribution >= 0.6 is 0 Å². The molecule has 5 nitrogen and oxygen atoms in total. The summed E-state index contributed by atoms with van der Waals surface area (Å²) in [6.45, 7) is 4.14. The van der Waals surface area contributed by atoms with Gasteiger partial charge in [-0.1, -0.05) is 12.1 Å². The summed E-state index contributed by atoms with van der Waals surface area (Å²) in [5.41, 5.74) is 2.21. The zero-order chi connectivity index (χ0) is 13.8. The Hall–Kier alpha value is -1.43. The van der Waals surface area contributed by atoms with Gasteiger partial charge in [-0.25, -0.2) is 4.98 Å². The van der Waals surface area contributed by atoms with Crippen LogP contribution in [0.1, 0.15) is 5.82 Å². The predicted molar refractivity (Wildman–Crippen MR) is 77.9 cm³/mol. The average molecular weight is 275 g/mol. The molecule has 108 valence electrons. The highest BCUT2D eigenvalue weighted by molar-refractivity contribution is 5.75. The predicted octanol–water partition coefficient (Wildman–Crippen LogP) is 1.21. The maximum absolute atomic E-state index is 5.79. The number of morpholine rings is 1. The number of rotatable bonds is 5. The molecule has 1 saturated heterocycles. The maximum atomic E-state index is 5.79. The molecule has 2 heterocycles. The molecule has 1 aliphatic heterocycles. The molecular weight excluding hydrogens is 254 g/mol. The standard InChI is InChI=1S/C15H21N3O2/c1-19-9-7-18-14-5-3-2-4-13(14)17-15(18)10-12-11-16-6-8-20-12/h2-5,12,16H,6-11H2,1H3. The number of methoxy groups -OCH3 is 1. The quantitative estimate of drug-likeness (QED) is 0.891. The summed E-state index contributed by atoms with van der Waals surface area (Å²) in [4.78, 5) is 4.76. The molecule has 0 amide bonds. The Morgan fingerprint density at radius 1 is 1.45 bits per heavy atom. The Morgan fingerprint density at radius 2 is 2.35 bits per heavy atom. The number of benzene rings is 1. The third kappa shape index (κ3) is 2.85. The van der Waals surface area contributed by atoms with Gasteiger partial charge in [-0.15, -0.1) is 0 Å². The van der Waals surface area contributed by atoms with Crippen LogP contribution in [-0.4, -0.2) is 49.1 Å². The van der Waals surface area contributed by atoms with Gasteiger partial charge in [-0.2, -0.15) is 0 Å². The minimum absolute atomic E-state index is 0.210. The molecular formula is C15H21N3O2. The van der Waals surface area contributed by atoms with E-state index < -0.39 is 0 Å².